The SMILES string of the molecule is COc1ccc(NC(=O)C(C)n2ncc3ccccc3c2=O)cc1Cl. The number of nitrogens with zero attached hydrogens (tertiary/aromatic N) is 2. The minimum absolute atomic E-state index is 0.312. The van der Waals surface area contributed by atoms with Crippen LogP contribution in [-0.2, 0) is 4.79 Å². The van der Waals surface area contributed by atoms with Crippen molar-refractivity contribution in [3.63, 3.8) is 0 Å². The van der Waals surface area contributed by atoms with Gasteiger partial charge in [-0.1, -0.05) is 29.8 Å². The Labute approximate surface area is 149 Å². The van der Waals surface area contributed by atoms with Crippen molar-refractivity contribution in [1.29, 1.82) is 0 Å². The number of carbonyl (C=O) groups is 1. The van der Waals surface area contributed by atoms with Crippen LogP contribution >= 0.6 is 11.6 Å². The summed E-state index contributed by atoms with van der Waals surface area (Å²) in [5.74, 6) is 0.145. The number of hydrogen-bond acceptors (Lipinski definition) is 4. The molecule has 0 saturated carbocycles. The Balaban J connectivity index is 1.87. The van der Waals surface area contributed by atoms with Crippen LogP contribution in [0.5, 0.6) is 5.75 Å². The predicted molar refractivity (Wildman–Crippen MR) is 97.3 cm³/mol. The molecule has 0 spiro atoms. The van der Waals surface area contributed by atoms with Gasteiger partial charge in [0.25, 0.3) is 5.56 Å². The van der Waals surface area contributed by atoms with Crippen molar-refractivity contribution >= 4 is 34.0 Å². The summed E-state index contributed by atoms with van der Waals surface area (Å²) in [4.78, 5) is 25.0. The average molecular weight is 358 g/mol. The summed E-state index contributed by atoms with van der Waals surface area (Å²) in [5, 5.41) is 8.48. The molecule has 0 aliphatic carbocycles. The molecule has 0 aliphatic rings. The molecule has 0 aliphatic heterocycles. The highest BCUT2D eigenvalue weighted by Crippen LogP contribution is 2.27. The van der Waals surface area contributed by atoms with Gasteiger partial charge in [-0.25, -0.2) is 4.68 Å². The van der Waals surface area contributed by atoms with Gasteiger partial charge in [-0.3, -0.25) is 9.59 Å². The van der Waals surface area contributed by atoms with E-state index in [1.54, 1.807) is 49.5 Å². The predicted octanol–water partition coefficient (Wildman–Crippen LogP) is 3.26. The molecule has 1 amide bonds. The number of nitrogens with one attached hydrogen (secondary N) is 1. The molecule has 0 bridgehead atoms. The molecule has 7 heteroatoms. The second kappa shape index (κ2) is 6.94. The van der Waals surface area contributed by atoms with Crippen molar-refractivity contribution in [2.75, 3.05) is 12.4 Å². The number of benzene rings is 2. The topological polar surface area (TPSA) is 73.2 Å². The van der Waals surface area contributed by atoms with Crippen LogP contribution in [-0.4, -0.2) is 22.8 Å². The Hall–Kier alpha value is -2.86. The summed E-state index contributed by atoms with van der Waals surface area (Å²) in [6, 6.07) is 11.3. The van der Waals surface area contributed by atoms with Gasteiger partial charge in [0.05, 0.1) is 23.7 Å². The number of halogens is 1. The molecule has 1 unspecified atom stereocenters. The average Bonchev–Trinajstić information content (AvgIpc) is 2.62. The van der Waals surface area contributed by atoms with Crippen molar-refractivity contribution in [1.82, 2.24) is 9.78 Å². The van der Waals surface area contributed by atoms with Gasteiger partial charge in [-0.2, -0.15) is 5.10 Å². The summed E-state index contributed by atoms with van der Waals surface area (Å²) >= 11 is 6.06. The molecular weight excluding hydrogens is 342 g/mol. The van der Waals surface area contributed by atoms with Gasteiger partial charge in [0, 0.05) is 11.1 Å². The smallest absolute Gasteiger partial charge is 0.275 e. The van der Waals surface area contributed by atoms with Crippen LogP contribution in [0.1, 0.15) is 13.0 Å². The molecule has 0 saturated heterocycles. The molecular formula is C18H16ClN3O3. The maximum atomic E-state index is 12.5. The van der Waals surface area contributed by atoms with Gasteiger partial charge in [0.2, 0.25) is 5.91 Å². The number of methoxy groups -OCH3 is 1. The monoisotopic (exact) mass is 357 g/mol. The third kappa shape index (κ3) is 3.34. The van der Waals surface area contributed by atoms with Gasteiger partial charge in [0.15, 0.2) is 0 Å². The molecule has 1 N–H and O–H groups in total. The van der Waals surface area contributed by atoms with E-state index in [4.69, 9.17) is 16.3 Å². The van der Waals surface area contributed by atoms with E-state index in [0.29, 0.717) is 21.8 Å². The lowest BCUT2D eigenvalue weighted by Crippen LogP contribution is -2.33. The van der Waals surface area contributed by atoms with Gasteiger partial charge in [0.1, 0.15) is 11.8 Å². The zero-order valence-electron chi connectivity index (χ0n) is 13.7. The maximum absolute atomic E-state index is 12.5. The maximum Gasteiger partial charge on any atom is 0.275 e. The zero-order chi connectivity index (χ0) is 18.0. The van der Waals surface area contributed by atoms with Crippen LogP contribution in [0.15, 0.2) is 53.5 Å². The Morgan fingerprint density at radius 3 is 2.76 bits per heavy atom. The van der Waals surface area contributed by atoms with Gasteiger partial charge < -0.3 is 10.1 Å². The fourth-order valence-electron chi connectivity index (χ4n) is 2.48. The second-order valence-electron chi connectivity index (χ2n) is 5.50. The van der Waals surface area contributed by atoms with Crippen LogP contribution in [0.25, 0.3) is 10.8 Å². The number of aromatic nitrogens is 2. The molecule has 0 fully saturated rings. The van der Waals surface area contributed by atoms with E-state index in [9.17, 15) is 9.59 Å². The van der Waals surface area contributed by atoms with Crippen molar-refractivity contribution in [2.24, 2.45) is 0 Å². The number of carbonyl (C=O) groups excluding carboxylic acids is 1. The second-order valence-corrected chi connectivity index (χ2v) is 5.90. The normalized spacial score (nSPS) is 12.0. The van der Waals surface area contributed by atoms with Crippen LogP contribution in [0.4, 0.5) is 5.69 Å². The van der Waals surface area contributed by atoms with Gasteiger partial charge in [-0.15, -0.1) is 0 Å². The van der Waals surface area contributed by atoms with Gasteiger partial charge >= 0.3 is 0 Å². The van der Waals surface area contributed by atoms with E-state index in [1.165, 1.54) is 11.8 Å². The molecule has 0 radical (unpaired) electrons. The minimum atomic E-state index is -0.780. The third-order valence-corrected chi connectivity index (χ3v) is 4.18. The van der Waals surface area contributed by atoms with Crippen LogP contribution < -0.4 is 15.6 Å². The van der Waals surface area contributed by atoms with Crippen LogP contribution in [0, 0.1) is 0 Å². The number of anilines is 1. The van der Waals surface area contributed by atoms with Crippen molar-refractivity contribution in [3.05, 3.63) is 64.0 Å². The van der Waals surface area contributed by atoms with E-state index in [1.807, 2.05) is 6.07 Å². The van der Waals surface area contributed by atoms with E-state index in [-0.39, 0.29) is 11.5 Å². The lowest BCUT2D eigenvalue weighted by molar-refractivity contribution is -0.119. The molecule has 1 atom stereocenters. The third-order valence-electron chi connectivity index (χ3n) is 3.89. The van der Waals surface area contributed by atoms with Crippen molar-refractivity contribution in [3.8, 4) is 5.75 Å². The summed E-state index contributed by atoms with van der Waals surface area (Å²) in [5.41, 5.74) is 0.199. The Kier molecular flexibility index (Phi) is 4.72. The number of rotatable bonds is 4. The first-order valence-corrected chi connectivity index (χ1v) is 8.00. The standard InChI is InChI=1S/C18H16ClN3O3/c1-11(17(23)21-13-7-8-16(25-2)15(19)9-13)22-18(24)14-6-4-3-5-12(14)10-20-22/h3-11H,1-2H3,(H,21,23). The Bertz CT molecular complexity index is 1000. The van der Waals surface area contributed by atoms with Crippen LogP contribution in [0.2, 0.25) is 5.02 Å². The van der Waals surface area contributed by atoms with Crippen molar-refractivity contribution in [2.45, 2.75) is 13.0 Å². The fraction of sp³-hybridized carbons (Fsp3) is 0.167. The molecule has 2 aromatic carbocycles. The Morgan fingerprint density at radius 1 is 1.28 bits per heavy atom. The molecule has 6 nitrogen and oxygen atoms in total. The highest BCUT2D eigenvalue weighted by atomic mass is 35.5. The molecule has 3 rings (SSSR count). The number of ether oxygens (including phenoxy) is 1. The quantitative estimate of drug-likeness (QED) is 0.777. The molecule has 1 heterocycles. The molecule has 3 aromatic rings. The van der Waals surface area contributed by atoms with E-state index in [2.05, 4.69) is 10.4 Å². The lowest BCUT2D eigenvalue weighted by Gasteiger charge is -2.15. The van der Waals surface area contributed by atoms with E-state index in [0.717, 1.165) is 5.39 Å². The lowest BCUT2D eigenvalue weighted by atomic mass is 10.2. The fourth-order valence-corrected chi connectivity index (χ4v) is 2.74. The van der Waals surface area contributed by atoms with Gasteiger partial charge in [-0.05, 0) is 31.2 Å². The number of amides is 1. The number of hydrogen-bond donors (Lipinski definition) is 1. The van der Waals surface area contributed by atoms with Crippen molar-refractivity contribution < 1.29 is 9.53 Å². The highest BCUT2D eigenvalue weighted by molar-refractivity contribution is 6.32. The molecule has 1 aromatic heterocycles. The summed E-state index contributed by atoms with van der Waals surface area (Å²) in [6.45, 7) is 1.61. The largest absolute Gasteiger partial charge is 0.495 e. The Morgan fingerprint density at radius 2 is 2.04 bits per heavy atom. The van der Waals surface area contributed by atoms with E-state index >= 15 is 0 Å². The summed E-state index contributed by atoms with van der Waals surface area (Å²) in [7, 11) is 1.51. The van der Waals surface area contributed by atoms with Crippen LogP contribution in [0.3, 0.4) is 0 Å². The highest BCUT2D eigenvalue weighted by Gasteiger charge is 2.19. The summed E-state index contributed by atoms with van der Waals surface area (Å²) < 4.78 is 6.25. The first-order chi connectivity index (χ1) is 12.0. The zero-order valence-corrected chi connectivity index (χ0v) is 14.4. The first-order valence-electron chi connectivity index (χ1n) is 7.62. The molecule has 25 heavy (non-hydrogen) atoms. The summed E-state index contributed by atoms with van der Waals surface area (Å²) in [6.07, 6.45) is 1.57. The number of fused-ring (bicyclic) bond motifs is 1. The minimum Gasteiger partial charge on any atom is -0.495 e. The van der Waals surface area contributed by atoms with E-state index < -0.39 is 6.04 Å². The first kappa shape index (κ1) is 17.0. The molecule has 128 valence electrons.